The maximum Gasteiger partial charge on any atom is 0.160 e. The van der Waals surface area contributed by atoms with Crippen molar-refractivity contribution in [3.05, 3.63) is 32.5 Å². The van der Waals surface area contributed by atoms with Crippen molar-refractivity contribution in [1.29, 1.82) is 0 Å². The Balaban J connectivity index is 3.33. The molecule has 0 aliphatic carbocycles. The van der Waals surface area contributed by atoms with Gasteiger partial charge in [0.2, 0.25) is 0 Å². The Morgan fingerprint density at radius 2 is 1.92 bits per heavy atom. The number of carbonyl (C=O) groups excluding carboxylic acids is 1. The van der Waals surface area contributed by atoms with Crippen molar-refractivity contribution in [3.63, 3.8) is 0 Å². The van der Waals surface area contributed by atoms with Gasteiger partial charge < -0.3 is 0 Å². The quantitative estimate of drug-likeness (QED) is 0.572. The van der Waals surface area contributed by atoms with Gasteiger partial charge in [-0.05, 0) is 50.9 Å². The van der Waals surface area contributed by atoms with Gasteiger partial charge in [-0.15, -0.1) is 0 Å². The first kappa shape index (κ1) is 9.86. The minimum Gasteiger partial charge on any atom is -0.294 e. The lowest BCUT2D eigenvalue weighted by Gasteiger charge is -2.01. The number of hydrogen-bond acceptors (Lipinski definition) is 1. The molecule has 0 aliphatic rings. The van der Waals surface area contributed by atoms with Crippen LogP contribution in [0.3, 0.4) is 0 Å². The predicted molar refractivity (Wildman–Crippen MR) is 51.8 cm³/mol. The van der Waals surface area contributed by atoms with Crippen LogP contribution >= 0.6 is 31.9 Å². The predicted octanol–water partition coefficient (Wildman–Crippen LogP) is 3.55. The molecule has 64 valence electrons. The molecular formula is C8H5Br2FO. The van der Waals surface area contributed by atoms with E-state index in [4.69, 9.17) is 0 Å². The number of Topliss-reactive ketones (excluding diaryl/α,β-unsaturated/α-hetero) is 1. The van der Waals surface area contributed by atoms with Crippen molar-refractivity contribution in [2.75, 3.05) is 0 Å². The molecule has 0 saturated heterocycles. The van der Waals surface area contributed by atoms with Crippen molar-refractivity contribution < 1.29 is 9.18 Å². The molecule has 0 aliphatic heterocycles. The number of rotatable bonds is 1. The van der Waals surface area contributed by atoms with Gasteiger partial charge in [-0.25, -0.2) is 4.39 Å². The fraction of sp³-hybridized carbons (Fsp3) is 0.125. The monoisotopic (exact) mass is 294 g/mol. The van der Waals surface area contributed by atoms with Gasteiger partial charge in [-0.3, -0.25) is 4.79 Å². The summed E-state index contributed by atoms with van der Waals surface area (Å²) >= 11 is 6.10. The molecular weight excluding hydrogens is 291 g/mol. The van der Waals surface area contributed by atoms with Crippen molar-refractivity contribution in [2.24, 2.45) is 0 Å². The van der Waals surface area contributed by atoms with E-state index in [0.29, 0.717) is 14.5 Å². The van der Waals surface area contributed by atoms with Crippen molar-refractivity contribution in [3.8, 4) is 0 Å². The molecule has 0 aromatic heterocycles. The first-order valence-electron chi connectivity index (χ1n) is 3.18. The summed E-state index contributed by atoms with van der Waals surface area (Å²) in [6.07, 6.45) is 0. The van der Waals surface area contributed by atoms with Crippen LogP contribution in [-0.2, 0) is 0 Å². The SMILES string of the molecule is CC(=O)c1cc(Br)c(F)cc1Br. The van der Waals surface area contributed by atoms with Gasteiger partial charge in [0.15, 0.2) is 5.78 Å². The molecule has 1 rings (SSSR count). The van der Waals surface area contributed by atoms with Crippen LogP contribution in [0.25, 0.3) is 0 Å². The Kier molecular flexibility index (Phi) is 3.01. The molecule has 0 fully saturated rings. The van der Waals surface area contributed by atoms with Gasteiger partial charge in [0.05, 0.1) is 4.47 Å². The van der Waals surface area contributed by atoms with Crippen LogP contribution in [0.2, 0.25) is 0 Å². The summed E-state index contributed by atoms with van der Waals surface area (Å²) in [5.74, 6) is -0.477. The topological polar surface area (TPSA) is 17.1 Å². The van der Waals surface area contributed by atoms with Crippen LogP contribution in [-0.4, -0.2) is 5.78 Å². The lowest BCUT2D eigenvalue weighted by molar-refractivity contribution is 0.101. The highest BCUT2D eigenvalue weighted by atomic mass is 79.9. The number of carbonyl (C=O) groups is 1. The van der Waals surface area contributed by atoms with E-state index in [1.165, 1.54) is 19.1 Å². The molecule has 0 spiro atoms. The zero-order valence-corrected chi connectivity index (χ0v) is 9.37. The van der Waals surface area contributed by atoms with Crippen molar-refractivity contribution in [1.82, 2.24) is 0 Å². The Labute approximate surface area is 86.2 Å². The lowest BCUT2D eigenvalue weighted by Crippen LogP contribution is -1.94. The molecule has 0 amide bonds. The standard InChI is InChI=1S/C8H5Br2FO/c1-4(12)5-2-7(10)8(11)3-6(5)9/h2-3H,1H3. The molecule has 0 heterocycles. The van der Waals surface area contributed by atoms with Crippen LogP contribution in [0.15, 0.2) is 21.1 Å². The molecule has 1 aromatic rings. The van der Waals surface area contributed by atoms with Gasteiger partial charge in [-0.1, -0.05) is 0 Å². The van der Waals surface area contributed by atoms with E-state index >= 15 is 0 Å². The van der Waals surface area contributed by atoms with E-state index in [1.54, 1.807) is 0 Å². The van der Waals surface area contributed by atoms with E-state index < -0.39 is 0 Å². The fourth-order valence-electron chi connectivity index (χ4n) is 0.792. The van der Waals surface area contributed by atoms with Crippen LogP contribution in [0.5, 0.6) is 0 Å². The van der Waals surface area contributed by atoms with Crippen LogP contribution in [0.1, 0.15) is 17.3 Å². The first-order valence-corrected chi connectivity index (χ1v) is 4.76. The van der Waals surface area contributed by atoms with Gasteiger partial charge >= 0.3 is 0 Å². The van der Waals surface area contributed by atoms with Crippen LogP contribution in [0.4, 0.5) is 4.39 Å². The minimum atomic E-state index is -0.383. The molecule has 0 radical (unpaired) electrons. The Morgan fingerprint density at radius 1 is 1.33 bits per heavy atom. The second kappa shape index (κ2) is 3.66. The summed E-state index contributed by atoms with van der Waals surface area (Å²) < 4.78 is 13.6. The molecule has 0 bridgehead atoms. The molecule has 0 N–H and O–H groups in total. The lowest BCUT2D eigenvalue weighted by atomic mass is 10.1. The first-order chi connectivity index (χ1) is 5.52. The smallest absolute Gasteiger partial charge is 0.160 e. The zero-order valence-electron chi connectivity index (χ0n) is 6.20. The Morgan fingerprint density at radius 3 is 2.42 bits per heavy atom. The summed E-state index contributed by atoms with van der Waals surface area (Å²) in [4.78, 5) is 11.0. The van der Waals surface area contributed by atoms with E-state index in [2.05, 4.69) is 31.9 Å². The normalized spacial score (nSPS) is 10.0. The third-order valence-electron chi connectivity index (χ3n) is 1.39. The van der Waals surface area contributed by atoms with Crippen LogP contribution < -0.4 is 0 Å². The average Bonchev–Trinajstić information content (AvgIpc) is 1.96. The largest absolute Gasteiger partial charge is 0.294 e. The number of benzene rings is 1. The Bertz CT molecular complexity index is 336. The van der Waals surface area contributed by atoms with Gasteiger partial charge in [0.25, 0.3) is 0 Å². The second-order valence-corrected chi connectivity index (χ2v) is 4.01. The maximum atomic E-state index is 12.8. The van der Waals surface area contributed by atoms with Gasteiger partial charge in [0, 0.05) is 10.0 Å². The van der Waals surface area contributed by atoms with Crippen LogP contribution in [0, 0.1) is 5.82 Å². The van der Waals surface area contributed by atoms with E-state index in [9.17, 15) is 9.18 Å². The summed E-state index contributed by atoms with van der Waals surface area (Å²) in [6.45, 7) is 1.43. The second-order valence-electron chi connectivity index (χ2n) is 2.30. The summed E-state index contributed by atoms with van der Waals surface area (Å²) in [5, 5.41) is 0. The summed E-state index contributed by atoms with van der Waals surface area (Å²) in [5.41, 5.74) is 0.475. The molecule has 0 unspecified atom stereocenters. The average molecular weight is 296 g/mol. The third kappa shape index (κ3) is 1.93. The Hall–Kier alpha value is -0.220. The third-order valence-corrected chi connectivity index (χ3v) is 2.65. The fourth-order valence-corrected chi connectivity index (χ4v) is 1.73. The van der Waals surface area contributed by atoms with Gasteiger partial charge in [0.1, 0.15) is 5.82 Å². The molecule has 12 heavy (non-hydrogen) atoms. The highest BCUT2D eigenvalue weighted by Gasteiger charge is 2.09. The van der Waals surface area contributed by atoms with E-state index in [1.807, 2.05) is 0 Å². The number of halogens is 3. The maximum absolute atomic E-state index is 12.8. The van der Waals surface area contributed by atoms with E-state index in [-0.39, 0.29) is 11.6 Å². The van der Waals surface area contributed by atoms with E-state index in [0.717, 1.165) is 0 Å². The number of hydrogen-bond donors (Lipinski definition) is 0. The molecule has 4 heteroatoms. The number of ketones is 1. The van der Waals surface area contributed by atoms with Gasteiger partial charge in [-0.2, -0.15) is 0 Å². The van der Waals surface area contributed by atoms with Crippen molar-refractivity contribution in [2.45, 2.75) is 6.92 Å². The molecule has 1 aromatic carbocycles. The molecule has 1 nitrogen and oxygen atoms in total. The summed E-state index contributed by atoms with van der Waals surface area (Å²) in [6, 6.07) is 2.72. The highest BCUT2D eigenvalue weighted by Crippen LogP contribution is 2.24. The highest BCUT2D eigenvalue weighted by molar-refractivity contribution is 9.11. The van der Waals surface area contributed by atoms with Crippen molar-refractivity contribution >= 4 is 37.6 Å². The molecule has 0 saturated carbocycles. The zero-order chi connectivity index (χ0) is 9.30. The minimum absolute atomic E-state index is 0.0948. The summed E-state index contributed by atoms with van der Waals surface area (Å²) in [7, 11) is 0. The molecule has 0 atom stereocenters.